The molecular formula is C16H25NO2. The third-order valence-electron chi connectivity index (χ3n) is 4.07. The van der Waals surface area contributed by atoms with E-state index in [4.69, 9.17) is 4.74 Å². The van der Waals surface area contributed by atoms with Gasteiger partial charge in [0.1, 0.15) is 0 Å². The lowest BCUT2D eigenvalue weighted by Crippen LogP contribution is -2.48. The molecule has 1 N–H and O–H groups in total. The molecule has 0 aliphatic carbocycles. The van der Waals surface area contributed by atoms with E-state index in [2.05, 4.69) is 43.9 Å². The summed E-state index contributed by atoms with van der Waals surface area (Å²) in [6.07, 6.45) is 0.190. The van der Waals surface area contributed by atoms with Gasteiger partial charge in [0.25, 0.3) is 0 Å². The molecule has 1 aromatic rings. The van der Waals surface area contributed by atoms with E-state index < -0.39 is 6.10 Å². The van der Waals surface area contributed by atoms with Gasteiger partial charge < -0.3 is 9.84 Å². The molecule has 1 heterocycles. The Labute approximate surface area is 116 Å². The van der Waals surface area contributed by atoms with Crippen LogP contribution in [0.25, 0.3) is 0 Å². The molecule has 2 atom stereocenters. The van der Waals surface area contributed by atoms with E-state index in [1.165, 1.54) is 16.7 Å². The predicted octanol–water partition coefficient (Wildman–Crippen LogP) is 1.93. The van der Waals surface area contributed by atoms with Crippen molar-refractivity contribution in [2.45, 2.75) is 39.4 Å². The molecular weight excluding hydrogens is 238 g/mol. The van der Waals surface area contributed by atoms with Crippen LogP contribution in [-0.4, -0.2) is 48.5 Å². The van der Waals surface area contributed by atoms with Crippen LogP contribution in [0.1, 0.15) is 23.6 Å². The molecule has 1 fully saturated rings. The lowest BCUT2D eigenvalue weighted by Gasteiger charge is -2.34. The Hall–Kier alpha value is -0.900. The van der Waals surface area contributed by atoms with E-state index in [-0.39, 0.29) is 6.10 Å². The Morgan fingerprint density at radius 3 is 2.84 bits per heavy atom. The Kier molecular flexibility index (Phi) is 4.97. The van der Waals surface area contributed by atoms with E-state index >= 15 is 0 Å². The number of rotatable bonds is 4. The van der Waals surface area contributed by atoms with Crippen molar-refractivity contribution in [1.29, 1.82) is 0 Å². The quantitative estimate of drug-likeness (QED) is 0.901. The largest absolute Gasteiger partial charge is 0.390 e. The summed E-state index contributed by atoms with van der Waals surface area (Å²) in [7, 11) is 0. The molecule has 106 valence electrons. The van der Waals surface area contributed by atoms with Gasteiger partial charge in [0.05, 0.1) is 18.8 Å². The Bertz CT molecular complexity index is 419. The second-order valence-corrected chi connectivity index (χ2v) is 5.49. The zero-order valence-corrected chi connectivity index (χ0v) is 12.2. The van der Waals surface area contributed by atoms with Gasteiger partial charge in [-0.1, -0.05) is 25.1 Å². The van der Waals surface area contributed by atoms with Gasteiger partial charge in [0, 0.05) is 19.5 Å². The smallest absolute Gasteiger partial charge is 0.0964 e. The average molecular weight is 263 g/mol. The fourth-order valence-electron chi connectivity index (χ4n) is 2.56. The van der Waals surface area contributed by atoms with Crippen LogP contribution >= 0.6 is 0 Å². The fraction of sp³-hybridized carbons (Fsp3) is 0.625. The molecule has 0 saturated carbocycles. The maximum atomic E-state index is 10.3. The maximum absolute atomic E-state index is 10.3. The highest BCUT2D eigenvalue weighted by Gasteiger charge is 2.26. The van der Waals surface area contributed by atoms with Gasteiger partial charge in [-0.15, -0.1) is 0 Å². The minimum Gasteiger partial charge on any atom is -0.390 e. The maximum Gasteiger partial charge on any atom is 0.0964 e. The zero-order chi connectivity index (χ0) is 13.8. The van der Waals surface area contributed by atoms with Crippen molar-refractivity contribution in [2.75, 3.05) is 26.2 Å². The first-order chi connectivity index (χ1) is 9.10. The minimum atomic E-state index is -0.420. The molecule has 0 aromatic heterocycles. The first kappa shape index (κ1) is 14.5. The number of hydrogen-bond donors (Lipinski definition) is 1. The number of nitrogens with zero attached hydrogens (tertiary/aromatic N) is 1. The first-order valence-electron chi connectivity index (χ1n) is 7.18. The Morgan fingerprint density at radius 1 is 1.37 bits per heavy atom. The third-order valence-corrected chi connectivity index (χ3v) is 4.07. The lowest BCUT2D eigenvalue weighted by atomic mass is 9.99. The van der Waals surface area contributed by atoms with Gasteiger partial charge in [-0.05, 0) is 37.1 Å². The lowest BCUT2D eigenvalue weighted by molar-refractivity contribution is -0.0867. The van der Waals surface area contributed by atoms with Gasteiger partial charge in [0.2, 0.25) is 0 Å². The standard InChI is InChI=1S/C16H25NO2/c1-4-17-7-8-19-16(11-17)15(18)10-14-6-5-12(2)13(3)9-14/h5-6,9,15-16,18H,4,7-8,10-11H2,1-3H3. The summed E-state index contributed by atoms with van der Waals surface area (Å²) in [4.78, 5) is 2.33. The molecule has 0 spiro atoms. The highest BCUT2D eigenvalue weighted by Crippen LogP contribution is 2.16. The Morgan fingerprint density at radius 2 is 2.16 bits per heavy atom. The molecule has 0 bridgehead atoms. The van der Waals surface area contributed by atoms with Gasteiger partial charge in [-0.25, -0.2) is 0 Å². The monoisotopic (exact) mass is 263 g/mol. The van der Waals surface area contributed by atoms with Crippen molar-refractivity contribution in [2.24, 2.45) is 0 Å². The van der Waals surface area contributed by atoms with Gasteiger partial charge >= 0.3 is 0 Å². The van der Waals surface area contributed by atoms with Crippen LogP contribution in [0.2, 0.25) is 0 Å². The summed E-state index contributed by atoms with van der Waals surface area (Å²) in [5.41, 5.74) is 3.77. The average Bonchev–Trinajstić information content (AvgIpc) is 2.43. The second kappa shape index (κ2) is 6.51. The van der Waals surface area contributed by atoms with Gasteiger partial charge in [-0.3, -0.25) is 4.90 Å². The number of aliphatic hydroxyl groups is 1. The van der Waals surface area contributed by atoms with Crippen molar-refractivity contribution < 1.29 is 9.84 Å². The SMILES string of the molecule is CCN1CCOC(C(O)Cc2ccc(C)c(C)c2)C1. The molecule has 2 unspecified atom stereocenters. The van der Waals surface area contributed by atoms with Crippen molar-refractivity contribution in [1.82, 2.24) is 4.90 Å². The number of aryl methyl sites for hydroxylation is 2. The molecule has 3 nitrogen and oxygen atoms in total. The predicted molar refractivity (Wildman–Crippen MR) is 77.5 cm³/mol. The van der Waals surface area contributed by atoms with Crippen LogP contribution < -0.4 is 0 Å². The highest BCUT2D eigenvalue weighted by molar-refractivity contribution is 5.30. The number of aliphatic hydroxyl groups excluding tert-OH is 1. The van der Waals surface area contributed by atoms with E-state index in [0.717, 1.165) is 26.2 Å². The summed E-state index contributed by atoms with van der Waals surface area (Å²) in [6.45, 7) is 9.93. The van der Waals surface area contributed by atoms with Crippen LogP contribution in [0.5, 0.6) is 0 Å². The summed E-state index contributed by atoms with van der Waals surface area (Å²) < 4.78 is 5.71. The van der Waals surface area contributed by atoms with E-state index in [1.54, 1.807) is 0 Å². The van der Waals surface area contributed by atoms with Crippen LogP contribution in [0.15, 0.2) is 18.2 Å². The van der Waals surface area contributed by atoms with Crippen LogP contribution in [0.3, 0.4) is 0 Å². The minimum absolute atomic E-state index is 0.0599. The summed E-state index contributed by atoms with van der Waals surface area (Å²) >= 11 is 0. The Balaban J connectivity index is 1.96. The molecule has 19 heavy (non-hydrogen) atoms. The molecule has 0 radical (unpaired) electrons. The second-order valence-electron chi connectivity index (χ2n) is 5.49. The number of morpholine rings is 1. The molecule has 0 amide bonds. The first-order valence-corrected chi connectivity index (χ1v) is 7.18. The van der Waals surface area contributed by atoms with Crippen LogP contribution in [-0.2, 0) is 11.2 Å². The zero-order valence-electron chi connectivity index (χ0n) is 12.2. The van der Waals surface area contributed by atoms with Crippen LogP contribution in [0.4, 0.5) is 0 Å². The molecule has 2 rings (SSSR count). The van der Waals surface area contributed by atoms with Gasteiger partial charge in [0.15, 0.2) is 0 Å². The molecule has 1 saturated heterocycles. The molecule has 1 aromatic carbocycles. The summed E-state index contributed by atoms with van der Waals surface area (Å²) in [5, 5.41) is 10.3. The number of ether oxygens (including phenoxy) is 1. The molecule has 1 aliphatic heterocycles. The highest BCUT2D eigenvalue weighted by atomic mass is 16.5. The molecule has 1 aliphatic rings. The van der Waals surface area contributed by atoms with E-state index in [0.29, 0.717) is 6.42 Å². The number of likely N-dealkylation sites (N-methyl/N-ethyl adjacent to an activating group) is 1. The number of hydrogen-bond acceptors (Lipinski definition) is 3. The van der Waals surface area contributed by atoms with Crippen molar-refractivity contribution in [3.63, 3.8) is 0 Å². The van der Waals surface area contributed by atoms with E-state index in [1.807, 2.05) is 0 Å². The summed E-state index contributed by atoms with van der Waals surface area (Å²) in [5.74, 6) is 0. The molecule has 3 heteroatoms. The van der Waals surface area contributed by atoms with Gasteiger partial charge in [-0.2, -0.15) is 0 Å². The third kappa shape index (κ3) is 3.78. The van der Waals surface area contributed by atoms with E-state index in [9.17, 15) is 5.11 Å². The van der Waals surface area contributed by atoms with Crippen molar-refractivity contribution in [3.05, 3.63) is 34.9 Å². The van der Waals surface area contributed by atoms with Crippen LogP contribution in [0, 0.1) is 13.8 Å². The normalized spacial score (nSPS) is 22.4. The topological polar surface area (TPSA) is 32.7 Å². The van der Waals surface area contributed by atoms with Crippen molar-refractivity contribution in [3.8, 4) is 0 Å². The van der Waals surface area contributed by atoms with Crippen molar-refractivity contribution >= 4 is 0 Å². The fourth-order valence-corrected chi connectivity index (χ4v) is 2.56. The number of benzene rings is 1. The summed E-state index contributed by atoms with van der Waals surface area (Å²) in [6, 6.07) is 6.39.